The summed E-state index contributed by atoms with van der Waals surface area (Å²) >= 11 is 0. The Hall–Kier alpha value is -3.43. The van der Waals surface area contributed by atoms with E-state index in [1.807, 2.05) is 33.8 Å². The highest BCUT2D eigenvalue weighted by atomic mass is 31.0. The largest absolute Gasteiger partial charge is 0.508 e. The smallest absolute Gasteiger partial charge is 0.318 e. The molecule has 2 heterocycles. The van der Waals surface area contributed by atoms with E-state index in [4.69, 9.17) is 24.4 Å². The van der Waals surface area contributed by atoms with Crippen LogP contribution in [-0.2, 0) is 11.2 Å². The Balaban J connectivity index is 1.63. The molecule has 2 aliphatic carbocycles. The zero-order valence-electron chi connectivity index (χ0n) is 30.4. The predicted octanol–water partition coefficient (Wildman–Crippen LogP) is 6.74. The van der Waals surface area contributed by atoms with Gasteiger partial charge in [0.2, 0.25) is 0 Å². The molecule has 3 aliphatic rings. The van der Waals surface area contributed by atoms with Crippen molar-refractivity contribution < 1.29 is 24.1 Å². The number of fused-ring (bicyclic) bond motifs is 2. The van der Waals surface area contributed by atoms with Crippen LogP contribution in [0.5, 0.6) is 11.8 Å². The first-order chi connectivity index (χ1) is 23.8. The summed E-state index contributed by atoms with van der Waals surface area (Å²) in [6, 6.07) is 6.73. The van der Waals surface area contributed by atoms with Gasteiger partial charge in [-0.1, -0.05) is 26.0 Å². The lowest BCUT2D eigenvalue weighted by atomic mass is 9.82. The lowest BCUT2D eigenvalue weighted by Crippen LogP contribution is -2.42. The molecule has 0 spiro atoms. The standard InChI is InChI=1S/C39H51FN5O4P/c1-8-26-29(40)12-11-24-17-25(46)18-28(30(24)26)31-33(41-23(4)5)27(9-2)32-34(35(31)50)42-37(49-22-39(13-14-39)20-44(7)10-3)43-36(32)45-15-16-48-21-38(6,47)19-45/h9,11-12,17-18,23,46-47H,8,10,13-16,19-22,50H2,1-7H3/b27-9-,41-33?. The van der Waals surface area contributed by atoms with Crippen molar-refractivity contribution in [2.24, 2.45) is 10.4 Å². The van der Waals surface area contributed by atoms with Crippen molar-refractivity contribution in [3.63, 3.8) is 0 Å². The fourth-order valence-corrected chi connectivity index (χ4v) is 7.76. The second kappa shape index (κ2) is 14.3. The summed E-state index contributed by atoms with van der Waals surface area (Å²) in [5, 5.41) is 24.5. The van der Waals surface area contributed by atoms with Crippen molar-refractivity contribution in [1.29, 1.82) is 0 Å². The minimum Gasteiger partial charge on any atom is -0.508 e. The normalized spacial score (nSPS) is 22.2. The molecule has 2 aromatic carbocycles. The molecule has 2 atom stereocenters. The van der Waals surface area contributed by atoms with Crippen molar-refractivity contribution in [1.82, 2.24) is 14.9 Å². The molecule has 6 rings (SSSR count). The lowest BCUT2D eigenvalue weighted by molar-refractivity contribution is -0.0123. The number of rotatable bonds is 10. The summed E-state index contributed by atoms with van der Waals surface area (Å²) in [4.78, 5) is 19.8. The number of phenols is 1. The van der Waals surface area contributed by atoms with Gasteiger partial charge in [-0.25, -0.2) is 4.39 Å². The monoisotopic (exact) mass is 703 g/mol. The quantitative estimate of drug-likeness (QED) is 0.224. The van der Waals surface area contributed by atoms with E-state index in [0.717, 1.165) is 58.7 Å². The number of aromatic hydroxyl groups is 1. The summed E-state index contributed by atoms with van der Waals surface area (Å²) in [7, 11) is 5.01. The summed E-state index contributed by atoms with van der Waals surface area (Å²) < 4.78 is 27.8. The number of aliphatic hydroxyl groups is 1. The van der Waals surface area contributed by atoms with Crippen LogP contribution in [0.3, 0.4) is 0 Å². The first-order valence-electron chi connectivity index (χ1n) is 17.8. The number of aromatic nitrogens is 2. The number of allylic oxidation sites excluding steroid dienone is 3. The molecule has 1 saturated carbocycles. The number of aryl methyl sites for hydroxylation is 1. The Morgan fingerprint density at radius 3 is 2.64 bits per heavy atom. The summed E-state index contributed by atoms with van der Waals surface area (Å²) in [5.41, 5.74) is 3.89. The number of β-amino-alcohol motifs (C(OH)–C–C–N with tert-alkyl or cyclic N) is 1. The molecule has 268 valence electrons. The van der Waals surface area contributed by atoms with Gasteiger partial charge in [-0.3, -0.25) is 4.99 Å². The van der Waals surface area contributed by atoms with Gasteiger partial charge < -0.3 is 29.5 Å². The predicted molar refractivity (Wildman–Crippen MR) is 204 cm³/mol. The van der Waals surface area contributed by atoms with Crippen LogP contribution in [0.4, 0.5) is 10.2 Å². The van der Waals surface area contributed by atoms with E-state index in [9.17, 15) is 10.2 Å². The molecule has 2 N–H and O–H groups in total. The average molecular weight is 704 g/mol. The Bertz CT molecular complexity index is 1880. The van der Waals surface area contributed by atoms with Crippen LogP contribution in [0.15, 0.2) is 35.3 Å². The number of anilines is 1. The van der Waals surface area contributed by atoms with E-state index in [1.165, 1.54) is 6.07 Å². The highest BCUT2D eigenvalue weighted by Gasteiger charge is 2.45. The number of ether oxygens (including phenoxy) is 2. The number of hydrogen-bond acceptors (Lipinski definition) is 9. The van der Waals surface area contributed by atoms with Crippen molar-refractivity contribution >= 4 is 48.0 Å². The topological polar surface area (TPSA) is 104 Å². The Kier molecular flexibility index (Phi) is 10.4. The maximum Gasteiger partial charge on any atom is 0.318 e. The maximum atomic E-state index is 15.4. The van der Waals surface area contributed by atoms with E-state index in [-0.39, 0.29) is 35.6 Å². The van der Waals surface area contributed by atoms with E-state index < -0.39 is 5.60 Å². The molecule has 3 aromatic rings. The Labute approximate surface area is 297 Å². The van der Waals surface area contributed by atoms with Gasteiger partial charge in [-0.05, 0) is 101 Å². The second-order valence-electron chi connectivity index (χ2n) is 14.7. The highest BCUT2D eigenvalue weighted by molar-refractivity contribution is 7.32. The number of nitrogens with zero attached hydrogens (tertiary/aromatic N) is 5. The van der Waals surface area contributed by atoms with E-state index in [1.54, 1.807) is 25.1 Å². The third kappa shape index (κ3) is 7.18. The van der Waals surface area contributed by atoms with Crippen LogP contribution in [-0.4, -0.2) is 95.5 Å². The van der Waals surface area contributed by atoms with Crippen LogP contribution in [0.25, 0.3) is 27.2 Å². The van der Waals surface area contributed by atoms with E-state index >= 15 is 4.39 Å². The van der Waals surface area contributed by atoms with E-state index in [2.05, 4.69) is 33.0 Å². The maximum absolute atomic E-state index is 15.4. The van der Waals surface area contributed by atoms with Crippen molar-refractivity contribution in [2.75, 3.05) is 57.9 Å². The first-order valence-corrected chi connectivity index (χ1v) is 18.4. The number of aliphatic imine (C=N–C) groups is 1. The van der Waals surface area contributed by atoms with Crippen LogP contribution < -0.4 is 9.64 Å². The molecular weight excluding hydrogens is 652 g/mol. The molecule has 2 fully saturated rings. The molecule has 2 unspecified atom stereocenters. The van der Waals surface area contributed by atoms with Gasteiger partial charge in [0.25, 0.3) is 0 Å². The zero-order valence-corrected chi connectivity index (χ0v) is 31.6. The van der Waals surface area contributed by atoms with Gasteiger partial charge in [0, 0.05) is 41.0 Å². The summed E-state index contributed by atoms with van der Waals surface area (Å²) in [5.74, 6) is 0.422. The number of halogens is 1. The van der Waals surface area contributed by atoms with Crippen LogP contribution in [0.1, 0.15) is 76.8 Å². The van der Waals surface area contributed by atoms with Gasteiger partial charge in [0.05, 0.1) is 43.3 Å². The number of phenolic OH excluding ortho intramolecular Hbond substituents is 1. The van der Waals surface area contributed by atoms with Gasteiger partial charge >= 0.3 is 6.01 Å². The fraction of sp³-hybridized carbons (Fsp3) is 0.513. The van der Waals surface area contributed by atoms with Gasteiger partial charge in [0.15, 0.2) is 0 Å². The SMILES string of the molecule is C/C=C1\C(=NC(C)C)C(c2cc(O)cc3ccc(F)c(CC)c23)=C(P)c2nc(OCC3(CN(C)CC)CC3)nc(N3CCOCC(C)(O)C3)c21. The first kappa shape index (κ1) is 36.4. The minimum absolute atomic E-state index is 0.0573. The van der Waals surface area contributed by atoms with Crippen LogP contribution >= 0.6 is 9.24 Å². The van der Waals surface area contributed by atoms with Crippen molar-refractivity contribution in [3.05, 3.63) is 58.5 Å². The van der Waals surface area contributed by atoms with Crippen LogP contribution in [0.2, 0.25) is 0 Å². The number of benzene rings is 2. The van der Waals surface area contributed by atoms with Crippen LogP contribution in [0, 0.1) is 11.2 Å². The Morgan fingerprint density at radius 2 is 1.98 bits per heavy atom. The average Bonchev–Trinajstić information content (AvgIpc) is 3.86. The molecule has 1 aliphatic heterocycles. The molecule has 0 amide bonds. The van der Waals surface area contributed by atoms with Gasteiger partial charge in [-0.15, -0.1) is 9.24 Å². The Morgan fingerprint density at radius 1 is 1.22 bits per heavy atom. The van der Waals surface area contributed by atoms with Crippen molar-refractivity contribution in [3.8, 4) is 11.8 Å². The number of hydrogen-bond donors (Lipinski definition) is 2. The minimum atomic E-state index is -1.11. The van der Waals surface area contributed by atoms with Gasteiger partial charge in [-0.2, -0.15) is 9.97 Å². The lowest BCUT2D eigenvalue weighted by Gasteiger charge is -2.34. The fourth-order valence-electron chi connectivity index (χ4n) is 7.26. The molecule has 1 aromatic heterocycles. The zero-order chi connectivity index (χ0) is 36.0. The van der Waals surface area contributed by atoms with Crippen molar-refractivity contribution in [2.45, 2.75) is 72.4 Å². The third-order valence-electron chi connectivity index (χ3n) is 9.97. The summed E-state index contributed by atoms with van der Waals surface area (Å²) in [6.07, 6.45) is 4.65. The van der Waals surface area contributed by atoms with E-state index in [0.29, 0.717) is 61.1 Å². The molecule has 11 heteroatoms. The molecule has 0 bridgehead atoms. The molecule has 1 saturated heterocycles. The second-order valence-corrected chi connectivity index (χ2v) is 15.3. The third-order valence-corrected chi connectivity index (χ3v) is 10.5. The highest BCUT2D eigenvalue weighted by Crippen LogP contribution is 2.50. The molecular formula is C39H51FN5O4P. The summed E-state index contributed by atoms with van der Waals surface area (Å²) in [6.45, 7) is 15.7. The molecule has 0 radical (unpaired) electrons. The molecule has 9 nitrogen and oxygen atoms in total. The molecule has 50 heavy (non-hydrogen) atoms. The van der Waals surface area contributed by atoms with Gasteiger partial charge in [0.1, 0.15) is 23.0 Å².